The molecule has 2 rings (SSSR count). The number of ether oxygens (including phenoxy) is 2. The van der Waals surface area contributed by atoms with E-state index in [2.05, 4.69) is 0 Å². The van der Waals surface area contributed by atoms with Gasteiger partial charge >= 0.3 is 11.9 Å². The third kappa shape index (κ3) is 6.27. The number of carbonyl (C=O) groups is 2. The number of thiocarbonyl (C=S) groups is 1. The second kappa shape index (κ2) is 10.5. The summed E-state index contributed by atoms with van der Waals surface area (Å²) in [5.74, 6) is -1.06. The normalized spacial score (nSPS) is 11.5. The lowest BCUT2D eigenvalue weighted by molar-refractivity contribution is -0.136. The molecule has 0 aromatic heterocycles. The van der Waals surface area contributed by atoms with E-state index in [1.165, 1.54) is 0 Å². The van der Waals surface area contributed by atoms with E-state index in [0.29, 0.717) is 23.3 Å². The van der Waals surface area contributed by atoms with Crippen LogP contribution in [0.4, 0.5) is 0 Å². The van der Waals surface area contributed by atoms with Crippen molar-refractivity contribution in [1.29, 1.82) is 0 Å². The van der Waals surface area contributed by atoms with Gasteiger partial charge in [0.05, 0.1) is 12.2 Å². The molecule has 6 heteroatoms. The summed E-state index contributed by atoms with van der Waals surface area (Å²) in [6, 6.07) is 14.9. The Morgan fingerprint density at radius 2 is 1.74 bits per heavy atom. The van der Waals surface area contributed by atoms with E-state index in [-0.39, 0.29) is 11.5 Å². The van der Waals surface area contributed by atoms with Crippen molar-refractivity contribution < 1.29 is 19.1 Å². The van der Waals surface area contributed by atoms with Gasteiger partial charge in [0, 0.05) is 5.56 Å². The highest BCUT2D eigenvalue weighted by molar-refractivity contribution is 7.80. The lowest BCUT2D eigenvalue weighted by atomic mass is 10.0. The predicted octanol–water partition coefficient (Wildman–Crippen LogP) is 3.43. The van der Waals surface area contributed by atoms with E-state index in [0.717, 1.165) is 12.8 Å². The molecule has 0 aliphatic rings. The van der Waals surface area contributed by atoms with Crippen molar-refractivity contribution in [2.45, 2.75) is 32.2 Å². The van der Waals surface area contributed by atoms with E-state index < -0.39 is 18.0 Å². The summed E-state index contributed by atoms with van der Waals surface area (Å²) >= 11 is 5.13. The average Bonchev–Trinajstić information content (AvgIpc) is 2.69. The summed E-state index contributed by atoms with van der Waals surface area (Å²) in [7, 11) is 0. The minimum atomic E-state index is -0.948. The molecule has 0 saturated carbocycles. The van der Waals surface area contributed by atoms with Crippen molar-refractivity contribution in [3.63, 3.8) is 0 Å². The zero-order valence-corrected chi connectivity index (χ0v) is 16.0. The molecule has 1 unspecified atom stereocenters. The molecule has 1 atom stereocenters. The highest BCUT2D eigenvalue weighted by Gasteiger charge is 2.21. The molecule has 0 bridgehead atoms. The fraction of sp³-hybridized carbons (Fsp3) is 0.286. The molecule has 0 aliphatic heterocycles. The summed E-state index contributed by atoms with van der Waals surface area (Å²) < 4.78 is 10.5. The van der Waals surface area contributed by atoms with Crippen LogP contribution in [0.1, 0.15) is 41.3 Å². The Kier molecular flexibility index (Phi) is 8.10. The van der Waals surface area contributed by atoms with Crippen molar-refractivity contribution in [1.82, 2.24) is 0 Å². The SMILES string of the molecule is CCCCOC(=O)c1ccccc1CC(N)C(=O)OC(=S)c1ccccc1. The summed E-state index contributed by atoms with van der Waals surface area (Å²) in [6.07, 6.45) is 1.89. The zero-order chi connectivity index (χ0) is 19.6. The minimum Gasteiger partial charge on any atom is -0.462 e. The van der Waals surface area contributed by atoms with Crippen molar-refractivity contribution in [2.75, 3.05) is 6.61 Å². The smallest absolute Gasteiger partial charge is 0.338 e. The van der Waals surface area contributed by atoms with Crippen molar-refractivity contribution in [3.05, 3.63) is 71.3 Å². The molecular formula is C21H23NO4S. The van der Waals surface area contributed by atoms with Crippen LogP contribution in [0.25, 0.3) is 0 Å². The molecule has 0 spiro atoms. The maximum atomic E-state index is 12.3. The first kappa shape index (κ1) is 20.7. The molecule has 142 valence electrons. The predicted molar refractivity (Wildman–Crippen MR) is 108 cm³/mol. The summed E-state index contributed by atoms with van der Waals surface area (Å²) in [6.45, 7) is 2.38. The van der Waals surface area contributed by atoms with Gasteiger partial charge in [0.15, 0.2) is 0 Å². The van der Waals surface area contributed by atoms with E-state index in [9.17, 15) is 9.59 Å². The highest BCUT2D eigenvalue weighted by Crippen LogP contribution is 2.14. The maximum Gasteiger partial charge on any atom is 0.338 e. The molecule has 2 aromatic carbocycles. The largest absolute Gasteiger partial charge is 0.462 e. The molecule has 2 N–H and O–H groups in total. The van der Waals surface area contributed by atoms with Crippen LogP contribution in [0.5, 0.6) is 0 Å². The van der Waals surface area contributed by atoms with Gasteiger partial charge in [0.2, 0.25) is 5.05 Å². The van der Waals surface area contributed by atoms with Gasteiger partial charge in [-0.3, -0.25) is 0 Å². The lowest BCUT2D eigenvalue weighted by Crippen LogP contribution is -2.36. The van der Waals surface area contributed by atoms with Gasteiger partial charge < -0.3 is 15.2 Å². The third-order valence-corrected chi connectivity index (χ3v) is 4.23. The fourth-order valence-electron chi connectivity index (χ4n) is 2.40. The molecule has 0 aliphatic carbocycles. The van der Waals surface area contributed by atoms with Gasteiger partial charge in [-0.1, -0.05) is 61.9 Å². The number of rotatable bonds is 8. The minimum absolute atomic E-state index is 0.0725. The Hall–Kier alpha value is -2.57. The Balaban J connectivity index is 2.00. The van der Waals surface area contributed by atoms with Crippen LogP contribution in [0.2, 0.25) is 0 Å². The van der Waals surface area contributed by atoms with Crippen LogP contribution in [-0.4, -0.2) is 29.6 Å². The van der Waals surface area contributed by atoms with Gasteiger partial charge in [-0.2, -0.15) is 0 Å². The second-order valence-corrected chi connectivity index (χ2v) is 6.40. The Bertz CT molecular complexity index is 792. The number of carbonyl (C=O) groups excluding carboxylic acids is 2. The zero-order valence-electron chi connectivity index (χ0n) is 15.2. The first-order chi connectivity index (χ1) is 13.0. The standard InChI is InChI=1S/C21H23NO4S/c1-2-3-13-25-19(23)17-12-8-7-11-16(17)14-18(22)20(24)26-21(27)15-9-5-4-6-10-15/h4-12,18H,2-3,13-14,22H2,1H3. The van der Waals surface area contributed by atoms with Crippen molar-refractivity contribution in [3.8, 4) is 0 Å². The van der Waals surface area contributed by atoms with Gasteiger partial charge in [-0.25, -0.2) is 9.59 Å². The number of unbranched alkanes of at least 4 members (excludes halogenated alkanes) is 1. The first-order valence-electron chi connectivity index (χ1n) is 8.84. The van der Waals surface area contributed by atoms with Crippen molar-refractivity contribution in [2.24, 2.45) is 5.73 Å². The highest BCUT2D eigenvalue weighted by atomic mass is 32.1. The number of hydrogen-bond acceptors (Lipinski definition) is 6. The van der Waals surface area contributed by atoms with Crippen LogP contribution in [0.3, 0.4) is 0 Å². The summed E-state index contributed by atoms with van der Waals surface area (Å²) in [5, 5.41) is 0.0725. The Morgan fingerprint density at radius 1 is 1.07 bits per heavy atom. The topological polar surface area (TPSA) is 78.6 Å². The van der Waals surface area contributed by atoms with Crippen LogP contribution < -0.4 is 5.73 Å². The first-order valence-corrected chi connectivity index (χ1v) is 9.25. The number of hydrogen-bond donors (Lipinski definition) is 1. The van der Waals surface area contributed by atoms with Crippen LogP contribution in [0.15, 0.2) is 54.6 Å². The molecule has 0 heterocycles. The Morgan fingerprint density at radius 3 is 2.44 bits per heavy atom. The Labute approximate surface area is 164 Å². The van der Waals surface area contributed by atoms with Gasteiger partial charge in [0.1, 0.15) is 6.04 Å². The van der Waals surface area contributed by atoms with Gasteiger partial charge in [0.25, 0.3) is 0 Å². The van der Waals surface area contributed by atoms with E-state index in [1.54, 1.807) is 48.5 Å². The van der Waals surface area contributed by atoms with Crippen molar-refractivity contribution >= 4 is 29.2 Å². The van der Waals surface area contributed by atoms with E-state index in [1.807, 2.05) is 13.0 Å². The molecule has 27 heavy (non-hydrogen) atoms. The molecule has 0 amide bonds. The van der Waals surface area contributed by atoms with Crippen LogP contribution >= 0.6 is 12.2 Å². The maximum absolute atomic E-state index is 12.3. The second-order valence-electron chi connectivity index (χ2n) is 6.03. The van der Waals surface area contributed by atoms with Gasteiger partial charge in [-0.05, 0) is 36.7 Å². The van der Waals surface area contributed by atoms with Gasteiger partial charge in [-0.15, -0.1) is 0 Å². The van der Waals surface area contributed by atoms with Crippen LogP contribution in [0, 0.1) is 0 Å². The molecule has 2 aromatic rings. The summed E-state index contributed by atoms with van der Waals surface area (Å²) in [4.78, 5) is 24.5. The lowest BCUT2D eigenvalue weighted by Gasteiger charge is -2.14. The van der Waals surface area contributed by atoms with E-state index in [4.69, 9.17) is 27.4 Å². The third-order valence-electron chi connectivity index (χ3n) is 3.91. The average molecular weight is 385 g/mol. The van der Waals surface area contributed by atoms with E-state index >= 15 is 0 Å². The molecule has 0 saturated heterocycles. The quantitative estimate of drug-likeness (QED) is 0.426. The number of nitrogens with two attached hydrogens (primary N) is 1. The number of esters is 2. The molecule has 0 fully saturated rings. The fourth-order valence-corrected chi connectivity index (χ4v) is 2.62. The monoisotopic (exact) mass is 385 g/mol. The van der Waals surface area contributed by atoms with Crippen LogP contribution in [-0.2, 0) is 20.7 Å². The number of benzene rings is 2. The molecular weight excluding hydrogens is 362 g/mol. The molecule has 0 radical (unpaired) electrons. The summed E-state index contributed by atoms with van der Waals surface area (Å²) in [5.41, 5.74) is 7.65. The molecule has 5 nitrogen and oxygen atoms in total.